The van der Waals surface area contributed by atoms with E-state index in [1.807, 2.05) is 7.05 Å². The Morgan fingerprint density at radius 2 is 2.00 bits per heavy atom. The third-order valence-electron chi connectivity index (χ3n) is 3.19. The minimum Gasteiger partial charge on any atom is -0.316 e. The van der Waals surface area contributed by atoms with Crippen molar-refractivity contribution in [2.75, 3.05) is 12.8 Å². The molecular weight excluding hydrogens is 256 g/mol. The zero-order chi connectivity index (χ0) is 13.7. The molecule has 1 N–H and O–H groups in total. The van der Waals surface area contributed by atoms with E-state index in [2.05, 4.69) is 19.2 Å². The summed E-state index contributed by atoms with van der Waals surface area (Å²) in [5.41, 5.74) is 0. The Labute approximate surface area is 109 Å². The Kier molecular flexibility index (Phi) is 5.88. The molecule has 0 amide bonds. The molecule has 0 aliphatic rings. The standard InChI is InChI=1S/C13H19F2NOS/c1-4-9(2)13(16-3)8-18(17)10-5-6-11(14)12(15)7-10/h5-7,9,13,16H,4,8H2,1-3H3. The summed E-state index contributed by atoms with van der Waals surface area (Å²) in [6.45, 7) is 4.14. The van der Waals surface area contributed by atoms with Crippen molar-refractivity contribution in [3.63, 3.8) is 0 Å². The minimum absolute atomic E-state index is 0.101. The first-order valence-electron chi connectivity index (χ1n) is 6.00. The third kappa shape index (κ3) is 3.85. The van der Waals surface area contributed by atoms with Gasteiger partial charge in [0.15, 0.2) is 11.6 Å². The number of rotatable bonds is 6. The SMILES string of the molecule is CCC(C)C(CS(=O)c1ccc(F)c(F)c1)NC. The first-order valence-corrected chi connectivity index (χ1v) is 7.32. The van der Waals surface area contributed by atoms with Crippen molar-refractivity contribution < 1.29 is 13.0 Å². The van der Waals surface area contributed by atoms with Crippen molar-refractivity contribution in [3.05, 3.63) is 29.8 Å². The molecule has 0 aliphatic heterocycles. The first kappa shape index (κ1) is 15.2. The lowest BCUT2D eigenvalue weighted by atomic mass is 10.0. The Hall–Kier alpha value is -0.810. The highest BCUT2D eigenvalue weighted by molar-refractivity contribution is 7.85. The van der Waals surface area contributed by atoms with Crippen molar-refractivity contribution in [1.82, 2.24) is 5.32 Å². The fourth-order valence-electron chi connectivity index (χ4n) is 1.69. The quantitative estimate of drug-likeness (QED) is 0.865. The summed E-state index contributed by atoms with van der Waals surface area (Å²) >= 11 is 0. The maximum absolute atomic E-state index is 13.1. The smallest absolute Gasteiger partial charge is 0.160 e. The van der Waals surface area contributed by atoms with E-state index in [1.165, 1.54) is 6.07 Å². The second-order valence-electron chi connectivity index (χ2n) is 4.37. The fraction of sp³-hybridized carbons (Fsp3) is 0.538. The molecule has 1 rings (SSSR count). The van der Waals surface area contributed by atoms with Gasteiger partial charge in [0.05, 0.1) is 10.8 Å². The van der Waals surface area contributed by atoms with Gasteiger partial charge in [-0.2, -0.15) is 0 Å². The topological polar surface area (TPSA) is 29.1 Å². The summed E-state index contributed by atoms with van der Waals surface area (Å²) in [7, 11) is 0.495. The Morgan fingerprint density at radius 1 is 1.33 bits per heavy atom. The van der Waals surface area contributed by atoms with Gasteiger partial charge >= 0.3 is 0 Å². The normalized spacial score (nSPS) is 16.3. The zero-order valence-corrected chi connectivity index (χ0v) is 11.7. The number of nitrogens with one attached hydrogen (secondary N) is 1. The molecule has 0 spiro atoms. The van der Waals surface area contributed by atoms with Gasteiger partial charge in [-0.1, -0.05) is 20.3 Å². The Balaban J connectivity index is 2.77. The van der Waals surface area contributed by atoms with Crippen LogP contribution >= 0.6 is 0 Å². The number of halogens is 2. The van der Waals surface area contributed by atoms with Gasteiger partial charge in [0.1, 0.15) is 0 Å². The van der Waals surface area contributed by atoms with Gasteiger partial charge in [-0.3, -0.25) is 4.21 Å². The predicted octanol–water partition coefficient (Wildman–Crippen LogP) is 2.71. The van der Waals surface area contributed by atoms with Crippen molar-refractivity contribution in [3.8, 4) is 0 Å². The van der Waals surface area contributed by atoms with Gasteiger partial charge in [-0.25, -0.2) is 8.78 Å². The van der Waals surface area contributed by atoms with Crippen LogP contribution in [0.2, 0.25) is 0 Å². The maximum atomic E-state index is 13.1. The van der Waals surface area contributed by atoms with E-state index < -0.39 is 22.4 Å². The molecule has 0 bridgehead atoms. The van der Waals surface area contributed by atoms with Gasteiger partial charge in [0, 0.05) is 16.7 Å². The van der Waals surface area contributed by atoms with Gasteiger partial charge in [-0.05, 0) is 31.2 Å². The predicted molar refractivity (Wildman–Crippen MR) is 69.9 cm³/mol. The summed E-state index contributed by atoms with van der Waals surface area (Å²) < 4.78 is 37.9. The van der Waals surface area contributed by atoms with Crippen LogP contribution in [-0.4, -0.2) is 23.1 Å². The summed E-state index contributed by atoms with van der Waals surface area (Å²) in [6.07, 6.45) is 0.973. The molecule has 2 nitrogen and oxygen atoms in total. The fourth-order valence-corrected chi connectivity index (χ4v) is 3.16. The molecular formula is C13H19F2NOS. The summed E-state index contributed by atoms with van der Waals surface area (Å²) in [5.74, 6) is -1.09. The van der Waals surface area contributed by atoms with Crippen LogP contribution in [0.25, 0.3) is 0 Å². The van der Waals surface area contributed by atoms with E-state index in [-0.39, 0.29) is 6.04 Å². The first-order chi connectivity index (χ1) is 8.49. The van der Waals surface area contributed by atoms with E-state index in [1.54, 1.807) is 0 Å². The van der Waals surface area contributed by atoms with Crippen LogP contribution in [0.3, 0.4) is 0 Å². The van der Waals surface area contributed by atoms with Gasteiger partial charge < -0.3 is 5.32 Å². The lowest BCUT2D eigenvalue weighted by Crippen LogP contribution is -2.36. The van der Waals surface area contributed by atoms with E-state index in [0.29, 0.717) is 16.6 Å². The van der Waals surface area contributed by atoms with Gasteiger partial charge in [0.2, 0.25) is 0 Å². The van der Waals surface area contributed by atoms with Crippen molar-refractivity contribution in [2.45, 2.75) is 31.2 Å². The van der Waals surface area contributed by atoms with E-state index in [0.717, 1.165) is 18.6 Å². The largest absolute Gasteiger partial charge is 0.316 e. The van der Waals surface area contributed by atoms with E-state index in [9.17, 15) is 13.0 Å². The molecule has 1 aromatic rings. The van der Waals surface area contributed by atoms with Crippen LogP contribution in [-0.2, 0) is 10.8 Å². The van der Waals surface area contributed by atoms with Crippen LogP contribution in [0.5, 0.6) is 0 Å². The second kappa shape index (κ2) is 6.95. The molecule has 5 heteroatoms. The molecule has 1 aromatic carbocycles. The molecule has 18 heavy (non-hydrogen) atoms. The Bertz CT molecular complexity index is 425. The number of benzene rings is 1. The van der Waals surface area contributed by atoms with Crippen molar-refractivity contribution in [1.29, 1.82) is 0 Å². The highest BCUT2D eigenvalue weighted by atomic mass is 32.2. The van der Waals surface area contributed by atoms with E-state index >= 15 is 0 Å². The van der Waals surface area contributed by atoms with Gasteiger partial charge in [0.25, 0.3) is 0 Å². The molecule has 0 saturated heterocycles. The van der Waals surface area contributed by atoms with Crippen LogP contribution in [0.4, 0.5) is 8.78 Å². The maximum Gasteiger partial charge on any atom is 0.160 e. The zero-order valence-electron chi connectivity index (χ0n) is 10.9. The molecule has 3 unspecified atom stereocenters. The summed E-state index contributed by atoms with van der Waals surface area (Å²) in [5, 5.41) is 3.12. The average molecular weight is 275 g/mol. The van der Waals surface area contributed by atoms with Crippen molar-refractivity contribution in [2.24, 2.45) is 5.92 Å². The van der Waals surface area contributed by atoms with Crippen LogP contribution in [0, 0.1) is 17.6 Å². The minimum atomic E-state index is -1.32. The molecule has 0 heterocycles. The third-order valence-corrected chi connectivity index (χ3v) is 4.63. The lowest BCUT2D eigenvalue weighted by Gasteiger charge is -2.21. The molecule has 0 aromatic heterocycles. The molecule has 0 fully saturated rings. The van der Waals surface area contributed by atoms with Crippen LogP contribution in [0.15, 0.2) is 23.1 Å². The van der Waals surface area contributed by atoms with Crippen LogP contribution < -0.4 is 5.32 Å². The van der Waals surface area contributed by atoms with Crippen molar-refractivity contribution >= 4 is 10.8 Å². The molecule has 0 radical (unpaired) electrons. The second-order valence-corrected chi connectivity index (χ2v) is 5.86. The molecule has 3 atom stereocenters. The summed E-state index contributed by atoms with van der Waals surface area (Å²) in [6, 6.07) is 3.50. The molecule has 0 aliphatic carbocycles. The molecule has 0 saturated carbocycles. The molecule has 102 valence electrons. The Morgan fingerprint density at radius 3 is 2.50 bits per heavy atom. The monoisotopic (exact) mass is 275 g/mol. The van der Waals surface area contributed by atoms with Gasteiger partial charge in [-0.15, -0.1) is 0 Å². The highest BCUT2D eigenvalue weighted by Gasteiger charge is 2.18. The number of hydrogen-bond acceptors (Lipinski definition) is 2. The van der Waals surface area contributed by atoms with Crippen LogP contribution in [0.1, 0.15) is 20.3 Å². The number of hydrogen-bond donors (Lipinski definition) is 1. The highest BCUT2D eigenvalue weighted by Crippen LogP contribution is 2.16. The lowest BCUT2D eigenvalue weighted by molar-refractivity contribution is 0.418. The van der Waals surface area contributed by atoms with E-state index in [4.69, 9.17) is 0 Å². The summed E-state index contributed by atoms with van der Waals surface area (Å²) in [4.78, 5) is 0.331. The average Bonchev–Trinajstić information content (AvgIpc) is 2.37.